The van der Waals surface area contributed by atoms with Crippen LogP contribution in [0.4, 0.5) is 5.69 Å². The van der Waals surface area contributed by atoms with Crippen LogP contribution in [0.3, 0.4) is 0 Å². The van der Waals surface area contributed by atoms with Crippen molar-refractivity contribution in [1.82, 2.24) is 9.97 Å². The lowest BCUT2D eigenvalue weighted by Crippen LogP contribution is -2.66. The number of piperidine rings is 3. The van der Waals surface area contributed by atoms with Crippen molar-refractivity contribution in [2.45, 2.75) is 63.9 Å². The van der Waals surface area contributed by atoms with Gasteiger partial charge in [0.15, 0.2) is 12.6 Å². The van der Waals surface area contributed by atoms with Gasteiger partial charge >= 0.3 is 5.97 Å². The lowest BCUT2D eigenvalue weighted by Gasteiger charge is -2.52. The van der Waals surface area contributed by atoms with Gasteiger partial charge in [0.2, 0.25) is 0 Å². The van der Waals surface area contributed by atoms with Crippen molar-refractivity contribution < 1.29 is 18.8 Å². The van der Waals surface area contributed by atoms with Gasteiger partial charge in [0.1, 0.15) is 12.9 Å². The molecule has 1 N–H and O–H groups in total. The van der Waals surface area contributed by atoms with E-state index in [-0.39, 0.29) is 18.0 Å². The molecule has 7 nitrogen and oxygen atoms in total. The number of aromatic nitrogens is 2. The molecule has 1 amide bonds. The van der Waals surface area contributed by atoms with E-state index in [1.54, 1.807) is 12.4 Å². The number of nitrogens with zero attached hydrogens (tertiary/aromatic N) is 3. The third kappa shape index (κ3) is 4.60. The number of hydrogen-bond acceptors (Lipinski definition) is 5. The highest BCUT2D eigenvalue weighted by Crippen LogP contribution is 2.46. The lowest BCUT2D eigenvalue weighted by atomic mass is 9.73. The zero-order valence-electron chi connectivity index (χ0n) is 19.4. The van der Waals surface area contributed by atoms with Crippen LogP contribution in [0.25, 0.3) is 0 Å². The van der Waals surface area contributed by atoms with Crippen LogP contribution in [0.2, 0.25) is 0 Å². The molecule has 1 atom stereocenters. The second-order valence-corrected chi connectivity index (χ2v) is 10.4. The molecule has 0 radical (unpaired) electrons. The third-order valence-electron chi connectivity index (χ3n) is 8.36. The number of ether oxygens (including phenoxy) is 1. The van der Waals surface area contributed by atoms with Crippen molar-refractivity contribution in [2.24, 2.45) is 11.3 Å². The van der Waals surface area contributed by atoms with Gasteiger partial charge in [-0.25, -0.2) is 9.97 Å². The lowest BCUT2D eigenvalue weighted by molar-refractivity contribution is -0.939. The van der Waals surface area contributed by atoms with Crippen LogP contribution in [0.15, 0.2) is 42.5 Å². The van der Waals surface area contributed by atoms with Crippen molar-refractivity contribution in [1.29, 1.82) is 0 Å². The third-order valence-corrected chi connectivity index (χ3v) is 8.36. The molecule has 1 saturated carbocycles. The molecule has 0 spiro atoms. The second kappa shape index (κ2) is 9.37. The summed E-state index contributed by atoms with van der Waals surface area (Å²) in [6.45, 7) is 3.08. The van der Waals surface area contributed by atoms with Crippen LogP contribution >= 0.6 is 0 Å². The summed E-state index contributed by atoms with van der Waals surface area (Å²) in [6, 6.07) is 0. The van der Waals surface area contributed by atoms with E-state index in [0.29, 0.717) is 22.6 Å². The number of anilines is 1. The zero-order chi connectivity index (χ0) is 22.7. The average Bonchev–Trinajstić information content (AvgIpc) is 3.25. The highest BCUT2D eigenvalue weighted by molar-refractivity contribution is 5.91. The Labute approximate surface area is 195 Å². The number of amides is 1. The number of rotatable bonds is 6. The number of fused-ring (bicyclic) bond motifs is 3. The Morgan fingerprint density at radius 2 is 1.82 bits per heavy atom. The molecular weight excluding hydrogens is 416 g/mol. The van der Waals surface area contributed by atoms with Crippen LogP contribution in [-0.4, -0.2) is 58.6 Å². The number of carbonyl (C=O) groups excluding carboxylic acids is 2. The van der Waals surface area contributed by atoms with E-state index in [4.69, 9.17) is 4.74 Å². The molecule has 33 heavy (non-hydrogen) atoms. The predicted molar refractivity (Wildman–Crippen MR) is 125 cm³/mol. The largest absolute Gasteiger partial charge is 0.455 e. The van der Waals surface area contributed by atoms with Gasteiger partial charge in [-0.1, -0.05) is 43.9 Å². The van der Waals surface area contributed by atoms with Gasteiger partial charge in [0, 0.05) is 18.8 Å². The quantitative estimate of drug-likeness (QED) is 0.404. The highest BCUT2D eigenvalue weighted by atomic mass is 16.5. The molecule has 0 unspecified atom stereocenters. The van der Waals surface area contributed by atoms with E-state index >= 15 is 0 Å². The summed E-state index contributed by atoms with van der Waals surface area (Å²) in [4.78, 5) is 34.5. The summed E-state index contributed by atoms with van der Waals surface area (Å²) in [7, 11) is 0. The van der Waals surface area contributed by atoms with E-state index in [1.165, 1.54) is 24.7 Å². The van der Waals surface area contributed by atoms with E-state index in [9.17, 15) is 9.59 Å². The molecular formula is C26H35N4O3+. The maximum Gasteiger partial charge on any atom is 0.316 e. The van der Waals surface area contributed by atoms with Crippen LogP contribution in [0, 0.1) is 11.3 Å². The number of esters is 1. The molecule has 2 bridgehead atoms. The molecule has 6 rings (SSSR count). The average molecular weight is 452 g/mol. The SMILES string of the molecule is O=C(C[N+]12CCC(CC1)[C@@H](OC(=O)C1(C3=CC=CC3)CCCCCC1)C2)Nc1cncnc1. The van der Waals surface area contributed by atoms with Gasteiger partial charge in [-0.05, 0) is 24.8 Å². The van der Waals surface area contributed by atoms with Crippen LogP contribution < -0.4 is 5.32 Å². The smallest absolute Gasteiger partial charge is 0.316 e. The van der Waals surface area contributed by atoms with Crippen molar-refractivity contribution >= 4 is 17.6 Å². The minimum atomic E-state index is -0.457. The monoisotopic (exact) mass is 451 g/mol. The van der Waals surface area contributed by atoms with E-state index in [2.05, 4.69) is 33.5 Å². The van der Waals surface area contributed by atoms with Gasteiger partial charge in [-0.2, -0.15) is 0 Å². The first-order valence-corrected chi connectivity index (χ1v) is 12.6. The number of carbonyl (C=O) groups is 2. The molecule has 5 aliphatic rings. The molecule has 4 fully saturated rings. The minimum absolute atomic E-state index is 0.0119. The van der Waals surface area contributed by atoms with Crippen molar-refractivity contribution in [2.75, 3.05) is 31.5 Å². The van der Waals surface area contributed by atoms with Gasteiger partial charge in [-0.3, -0.25) is 9.59 Å². The zero-order valence-corrected chi connectivity index (χ0v) is 19.4. The molecule has 2 aliphatic carbocycles. The van der Waals surface area contributed by atoms with Gasteiger partial charge in [0.05, 0.1) is 36.6 Å². The molecule has 3 aliphatic heterocycles. The first-order chi connectivity index (χ1) is 16.1. The van der Waals surface area contributed by atoms with Crippen molar-refractivity contribution in [3.05, 3.63) is 42.5 Å². The fourth-order valence-electron chi connectivity index (χ4n) is 6.49. The molecule has 7 heteroatoms. The van der Waals surface area contributed by atoms with Crippen LogP contribution in [-0.2, 0) is 14.3 Å². The predicted octanol–water partition coefficient (Wildman–Crippen LogP) is 3.79. The topological polar surface area (TPSA) is 81.2 Å². The Kier molecular flexibility index (Phi) is 6.32. The summed E-state index contributed by atoms with van der Waals surface area (Å²) >= 11 is 0. The first-order valence-electron chi connectivity index (χ1n) is 12.6. The van der Waals surface area contributed by atoms with Crippen LogP contribution in [0.1, 0.15) is 57.8 Å². The fraction of sp³-hybridized carbons (Fsp3) is 0.615. The second-order valence-electron chi connectivity index (χ2n) is 10.4. The molecule has 0 aromatic carbocycles. The summed E-state index contributed by atoms with van der Waals surface area (Å²) in [6.07, 6.45) is 20.2. The summed E-state index contributed by atoms with van der Waals surface area (Å²) in [5.74, 6) is 0.373. The molecule has 4 heterocycles. The Hall–Kier alpha value is -2.54. The summed E-state index contributed by atoms with van der Waals surface area (Å²) in [5, 5.41) is 2.92. The van der Waals surface area contributed by atoms with Gasteiger partial charge in [0.25, 0.3) is 5.91 Å². The van der Waals surface area contributed by atoms with E-state index in [1.807, 2.05) is 0 Å². The molecule has 3 saturated heterocycles. The normalized spacial score (nSPS) is 30.4. The first kappa shape index (κ1) is 22.3. The number of hydrogen-bond donors (Lipinski definition) is 1. The maximum atomic E-state index is 13.8. The van der Waals surface area contributed by atoms with Crippen LogP contribution in [0.5, 0.6) is 0 Å². The molecule has 176 valence electrons. The Balaban J connectivity index is 1.27. The van der Waals surface area contributed by atoms with Crippen molar-refractivity contribution in [3.8, 4) is 0 Å². The number of quaternary nitrogens is 1. The Bertz CT molecular complexity index is 926. The number of allylic oxidation sites excluding steroid dienone is 3. The van der Waals surface area contributed by atoms with E-state index in [0.717, 1.165) is 64.6 Å². The Morgan fingerprint density at radius 1 is 1.09 bits per heavy atom. The fourth-order valence-corrected chi connectivity index (χ4v) is 6.49. The minimum Gasteiger partial charge on any atom is -0.455 e. The standard InChI is InChI=1S/C26H34N4O3/c31-24(29-22-15-27-19-28-16-22)18-30-13-9-20(10-14-30)23(17-30)33-25(32)26(21-7-3-4-8-21)11-5-1-2-6-12-26/h3-4,7,15-16,19-20,23H,1-2,5-6,8-14,17-18H2/p+1/t20?,23-,30?/m0/s1. The van der Waals surface area contributed by atoms with E-state index < -0.39 is 5.41 Å². The molecule has 1 aromatic rings. The Morgan fingerprint density at radius 3 is 2.48 bits per heavy atom. The molecule has 1 aromatic heterocycles. The number of nitrogens with one attached hydrogen (secondary N) is 1. The highest BCUT2D eigenvalue weighted by Gasteiger charge is 2.51. The van der Waals surface area contributed by atoms with Gasteiger partial charge < -0.3 is 14.5 Å². The maximum absolute atomic E-state index is 13.8. The van der Waals surface area contributed by atoms with Crippen molar-refractivity contribution in [3.63, 3.8) is 0 Å². The van der Waals surface area contributed by atoms with Gasteiger partial charge in [-0.15, -0.1) is 0 Å². The summed E-state index contributed by atoms with van der Waals surface area (Å²) in [5.41, 5.74) is 1.40. The summed E-state index contributed by atoms with van der Waals surface area (Å²) < 4.78 is 7.09.